The first-order chi connectivity index (χ1) is 13.0. The number of nitrogens with one attached hydrogen (secondary N) is 2. The van der Waals surface area contributed by atoms with Gasteiger partial charge in [0, 0.05) is 11.1 Å². The Balaban J connectivity index is 1.53. The average molecular weight is 377 g/mol. The zero-order valence-electron chi connectivity index (χ0n) is 15.3. The lowest BCUT2D eigenvalue weighted by atomic mass is 10.1. The predicted molar refractivity (Wildman–Crippen MR) is 109 cm³/mol. The van der Waals surface area contributed by atoms with Crippen molar-refractivity contribution in [1.82, 2.24) is 20.2 Å². The summed E-state index contributed by atoms with van der Waals surface area (Å²) in [6.45, 7) is 6.08. The van der Waals surface area contributed by atoms with Gasteiger partial charge in [0.2, 0.25) is 11.1 Å². The van der Waals surface area contributed by atoms with Crippen LogP contribution in [-0.4, -0.2) is 31.8 Å². The Bertz CT molecular complexity index is 1170. The van der Waals surface area contributed by atoms with Gasteiger partial charge in [-0.25, -0.2) is 4.98 Å². The van der Waals surface area contributed by atoms with E-state index in [9.17, 15) is 4.79 Å². The van der Waals surface area contributed by atoms with Crippen molar-refractivity contribution in [2.24, 2.45) is 0 Å². The molecule has 0 radical (unpaired) electrons. The van der Waals surface area contributed by atoms with E-state index in [-0.39, 0.29) is 11.7 Å². The third-order valence-electron chi connectivity index (χ3n) is 4.40. The summed E-state index contributed by atoms with van der Waals surface area (Å²) in [5.41, 5.74) is 6.64. The van der Waals surface area contributed by atoms with Crippen LogP contribution in [0.15, 0.2) is 41.6 Å². The summed E-state index contributed by atoms with van der Waals surface area (Å²) in [5, 5.41) is 12.9. The molecule has 4 rings (SSSR count). The molecule has 0 aliphatic carbocycles. The lowest BCUT2D eigenvalue weighted by molar-refractivity contribution is -0.113. The van der Waals surface area contributed by atoms with Crippen molar-refractivity contribution in [2.45, 2.75) is 25.9 Å². The van der Waals surface area contributed by atoms with Crippen LogP contribution in [0.25, 0.3) is 22.1 Å². The molecule has 0 unspecified atom stereocenters. The summed E-state index contributed by atoms with van der Waals surface area (Å²) in [7, 11) is 0. The lowest BCUT2D eigenvalue weighted by Gasteiger charge is -2.07. The largest absolute Gasteiger partial charge is 0.337 e. The summed E-state index contributed by atoms with van der Waals surface area (Å²) in [6, 6.07) is 11.9. The number of fused-ring (bicyclic) bond motifs is 3. The molecule has 0 saturated carbocycles. The van der Waals surface area contributed by atoms with Crippen molar-refractivity contribution < 1.29 is 4.79 Å². The number of aryl methyl sites for hydroxylation is 3. The van der Waals surface area contributed by atoms with Gasteiger partial charge in [-0.05, 0) is 44.0 Å². The van der Waals surface area contributed by atoms with E-state index in [0.29, 0.717) is 10.8 Å². The maximum absolute atomic E-state index is 12.2. The van der Waals surface area contributed by atoms with Crippen LogP contribution in [0.3, 0.4) is 0 Å². The number of amides is 1. The molecule has 0 saturated heterocycles. The van der Waals surface area contributed by atoms with Gasteiger partial charge in [-0.1, -0.05) is 41.6 Å². The van der Waals surface area contributed by atoms with Gasteiger partial charge in [-0.15, -0.1) is 10.2 Å². The Morgan fingerprint density at radius 2 is 1.93 bits per heavy atom. The van der Waals surface area contributed by atoms with E-state index in [1.54, 1.807) is 0 Å². The first kappa shape index (κ1) is 17.5. The van der Waals surface area contributed by atoms with Gasteiger partial charge in [-0.3, -0.25) is 4.79 Å². The molecule has 0 bridgehead atoms. The number of carbonyl (C=O) groups excluding carboxylic acids is 1. The van der Waals surface area contributed by atoms with Crippen molar-refractivity contribution in [3.05, 3.63) is 53.1 Å². The van der Waals surface area contributed by atoms with Crippen molar-refractivity contribution in [2.75, 3.05) is 11.1 Å². The molecule has 7 heteroatoms. The number of hydrogen-bond acceptors (Lipinski definition) is 5. The Morgan fingerprint density at radius 1 is 1.11 bits per heavy atom. The van der Waals surface area contributed by atoms with Gasteiger partial charge < -0.3 is 10.3 Å². The molecule has 2 N–H and O–H groups in total. The number of para-hydroxylation sites is 1. The van der Waals surface area contributed by atoms with E-state index in [2.05, 4.69) is 51.5 Å². The number of thioether (sulfide) groups is 1. The number of rotatable bonds is 4. The summed E-state index contributed by atoms with van der Waals surface area (Å²) in [6.07, 6.45) is 0. The fourth-order valence-electron chi connectivity index (χ4n) is 3.11. The molecule has 0 spiro atoms. The third kappa shape index (κ3) is 3.50. The third-order valence-corrected chi connectivity index (χ3v) is 5.23. The molecule has 4 aromatic rings. The second-order valence-electron chi connectivity index (χ2n) is 6.57. The van der Waals surface area contributed by atoms with E-state index < -0.39 is 0 Å². The van der Waals surface area contributed by atoms with Crippen molar-refractivity contribution in [1.29, 1.82) is 0 Å². The van der Waals surface area contributed by atoms with E-state index in [1.165, 1.54) is 17.3 Å². The second-order valence-corrected chi connectivity index (χ2v) is 7.52. The van der Waals surface area contributed by atoms with Crippen LogP contribution >= 0.6 is 11.8 Å². The number of aromatic amines is 1. The Morgan fingerprint density at radius 3 is 2.74 bits per heavy atom. The normalized spacial score (nSPS) is 11.2. The molecular formula is C20H19N5OS. The first-order valence-electron chi connectivity index (χ1n) is 8.63. The summed E-state index contributed by atoms with van der Waals surface area (Å²) in [4.78, 5) is 20.1. The van der Waals surface area contributed by atoms with Gasteiger partial charge in [0.15, 0.2) is 5.65 Å². The number of hydrogen-bond donors (Lipinski definition) is 2. The Hall–Kier alpha value is -2.93. The monoisotopic (exact) mass is 377 g/mol. The minimum absolute atomic E-state index is 0.0962. The highest BCUT2D eigenvalue weighted by Crippen LogP contribution is 2.27. The molecule has 0 aliphatic heterocycles. The molecular weight excluding hydrogens is 358 g/mol. The van der Waals surface area contributed by atoms with Crippen molar-refractivity contribution in [3.63, 3.8) is 0 Å². The van der Waals surface area contributed by atoms with Crippen LogP contribution in [0.2, 0.25) is 0 Å². The molecule has 27 heavy (non-hydrogen) atoms. The van der Waals surface area contributed by atoms with Gasteiger partial charge in [-0.2, -0.15) is 0 Å². The molecule has 136 valence electrons. The highest BCUT2D eigenvalue weighted by molar-refractivity contribution is 7.99. The highest BCUT2D eigenvalue weighted by Gasteiger charge is 2.13. The van der Waals surface area contributed by atoms with Gasteiger partial charge in [0.05, 0.1) is 11.3 Å². The van der Waals surface area contributed by atoms with Crippen LogP contribution in [0.1, 0.15) is 16.7 Å². The second kappa shape index (κ2) is 7.00. The minimum Gasteiger partial charge on any atom is -0.337 e. The molecule has 6 nitrogen and oxygen atoms in total. The maximum Gasteiger partial charge on any atom is 0.234 e. The molecule has 0 atom stereocenters. The number of nitrogens with zero attached hydrogens (tertiary/aromatic N) is 3. The molecule has 2 aromatic carbocycles. The SMILES string of the molecule is Cc1cc(C)c2[nH]c3nc(SCC(=O)Nc4ccccc4C)nnc3c2c1. The van der Waals surface area contributed by atoms with Crippen molar-refractivity contribution >= 4 is 45.4 Å². The minimum atomic E-state index is -0.0962. The summed E-state index contributed by atoms with van der Waals surface area (Å²) >= 11 is 1.27. The molecule has 0 aliphatic rings. The summed E-state index contributed by atoms with van der Waals surface area (Å²) in [5.74, 6) is 0.126. The van der Waals surface area contributed by atoms with Crippen LogP contribution in [-0.2, 0) is 4.79 Å². The van der Waals surface area contributed by atoms with Crippen LogP contribution in [0.4, 0.5) is 5.69 Å². The number of H-pyrrole nitrogens is 1. The number of carbonyl (C=O) groups is 1. The average Bonchev–Trinajstić information content (AvgIpc) is 3.00. The summed E-state index contributed by atoms with van der Waals surface area (Å²) < 4.78 is 0. The van der Waals surface area contributed by atoms with E-state index in [1.807, 2.05) is 31.2 Å². The lowest BCUT2D eigenvalue weighted by Crippen LogP contribution is -2.15. The number of anilines is 1. The van der Waals surface area contributed by atoms with Crippen LogP contribution in [0, 0.1) is 20.8 Å². The van der Waals surface area contributed by atoms with E-state index in [4.69, 9.17) is 0 Å². The Labute approximate surface area is 160 Å². The van der Waals surface area contributed by atoms with Gasteiger partial charge >= 0.3 is 0 Å². The van der Waals surface area contributed by atoms with E-state index >= 15 is 0 Å². The smallest absolute Gasteiger partial charge is 0.234 e. The number of aromatic nitrogens is 4. The molecule has 1 amide bonds. The van der Waals surface area contributed by atoms with Gasteiger partial charge in [0.25, 0.3) is 0 Å². The maximum atomic E-state index is 12.2. The van der Waals surface area contributed by atoms with E-state index in [0.717, 1.165) is 33.2 Å². The zero-order valence-corrected chi connectivity index (χ0v) is 16.1. The molecule has 2 aromatic heterocycles. The van der Waals surface area contributed by atoms with Crippen LogP contribution < -0.4 is 5.32 Å². The molecule has 2 heterocycles. The van der Waals surface area contributed by atoms with Crippen molar-refractivity contribution in [3.8, 4) is 0 Å². The molecule has 0 fully saturated rings. The Kier molecular flexibility index (Phi) is 4.53. The quantitative estimate of drug-likeness (QED) is 0.522. The predicted octanol–water partition coefficient (Wildman–Crippen LogP) is 4.16. The zero-order chi connectivity index (χ0) is 19.0. The van der Waals surface area contributed by atoms with Crippen LogP contribution in [0.5, 0.6) is 0 Å². The van der Waals surface area contributed by atoms with Gasteiger partial charge in [0.1, 0.15) is 5.52 Å². The number of benzene rings is 2. The fraction of sp³-hybridized carbons (Fsp3) is 0.200. The highest BCUT2D eigenvalue weighted by atomic mass is 32.2. The standard InChI is InChI=1S/C20H19N5OS/c1-11-8-13(3)17-14(9-11)18-19(22-17)23-20(25-24-18)27-10-16(26)21-15-7-5-4-6-12(15)2/h4-9H,10H2,1-3H3,(H,21,26)(H,22,23,25). The first-order valence-corrected chi connectivity index (χ1v) is 9.61. The topological polar surface area (TPSA) is 83.6 Å². The fourth-order valence-corrected chi connectivity index (χ4v) is 3.70.